The van der Waals surface area contributed by atoms with Crippen LogP contribution in [0.5, 0.6) is 5.75 Å². The van der Waals surface area contributed by atoms with Crippen LogP contribution < -0.4 is 15.0 Å². The van der Waals surface area contributed by atoms with Crippen molar-refractivity contribution in [3.63, 3.8) is 0 Å². The van der Waals surface area contributed by atoms with Crippen molar-refractivity contribution < 1.29 is 32.6 Å². The Morgan fingerprint density at radius 1 is 1.17 bits per heavy atom. The molecule has 2 heterocycles. The highest BCUT2D eigenvalue weighted by Crippen LogP contribution is 2.25. The topological polar surface area (TPSA) is 91.8 Å². The van der Waals surface area contributed by atoms with Gasteiger partial charge in [0.15, 0.2) is 0 Å². The van der Waals surface area contributed by atoms with Crippen LogP contribution in [0, 0.1) is 0 Å². The first-order valence-corrected chi connectivity index (χ1v) is 8.75. The third-order valence-electron chi connectivity index (χ3n) is 3.67. The van der Waals surface area contributed by atoms with Crippen LogP contribution in [0.1, 0.15) is 10.4 Å². The van der Waals surface area contributed by atoms with Gasteiger partial charge in [0.2, 0.25) is 0 Å². The normalized spacial score (nSPS) is 13.9. The van der Waals surface area contributed by atoms with Gasteiger partial charge in [-0.2, -0.15) is 13.2 Å². The number of halogens is 4. The molecule has 0 aliphatic carbocycles. The summed E-state index contributed by atoms with van der Waals surface area (Å²) in [4.78, 5) is 27.4. The molecule has 1 aromatic heterocycles. The average Bonchev–Trinajstić information content (AvgIpc) is 2.69. The lowest BCUT2D eigenvalue weighted by molar-refractivity contribution is -0.192. The molecule has 156 valence electrons. The van der Waals surface area contributed by atoms with E-state index in [-0.39, 0.29) is 0 Å². The van der Waals surface area contributed by atoms with E-state index in [2.05, 4.69) is 15.2 Å². The Bertz CT molecular complexity index is 844. The highest BCUT2D eigenvalue weighted by atomic mass is 35.5. The van der Waals surface area contributed by atoms with Crippen LogP contribution in [0.4, 0.5) is 19.0 Å². The smallest absolute Gasteiger partial charge is 0.475 e. The summed E-state index contributed by atoms with van der Waals surface area (Å²) in [5, 5.41) is 10.9. The molecule has 1 saturated heterocycles. The molecule has 7 nitrogen and oxygen atoms in total. The number of hydrogen-bond donors (Lipinski definition) is 2. The number of hydrogen-bond acceptors (Lipinski definition) is 6. The van der Waals surface area contributed by atoms with Crippen molar-refractivity contribution in [2.45, 2.75) is 6.18 Å². The van der Waals surface area contributed by atoms with Gasteiger partial charge in [-0.25, -0.2) is 14.6 Å². The molecule has 1 aromatic carbocycles. The third-order valence-corrected chi connectivity index (χ3v) is 3.95. The number of alkyl halides is 3. The van der Waals surface area contributed by atoms with Crippen LogP contribution in [0.2, 0.25) is 5.02 Å². The second-order valence-corrected chi connectivity index (χ2v) is 6.18. The summed E-state index contributed by atoms with van der Waals surface area (Å²) in [6, 6.07) is 10.5. The molecule has 1 aliphatic heterocycles. The number of piperazine rings is 1. The van der Waals surface area contributed by atoms with E-state index in [0.29, 0.717) is 22.2 Å². The molecule has 1 fully saturated rings. The lowest BCUT2D eigenvalue weighted by Crippen LogP contribution is -2.44. The van der Waals surface area contributed by atoms with Crippen molar-refractivity contribution in [2.75, 3.05) is 31.1 Å². The SMILES string of the molecule is O=C(O)C(F)(F)F.O=C(Oc1ccccc1)c1cnc(N2CCNCC2)c(Cl)c1. The van der Waals surface area contributed by atoms with E-state index in [9.17, 15) is 18.0 Å². The van der Waals surface area contributed by atoms with Crippen LogP contribution in [-0.2, 0) is 4.79 Å². The molecule has 2 N–H and O–H groups in total. The molecule has 0 atom stereocenters. The number of nitrogens with zero attached hydrogens (tertiary/aromatic N) is 2. The number of pyridine rings is 1. The summed E-state index contributed by atoms with van der Waals surface area (Å²) < 4.78 is 37.0. The van der Waals surface area contributed by atoms with E-state index in [1.807, 2.05) is 6.07 Å². The monoisotopic (exact) mass is 431 g/mol. The van der Waals surface area contributed by atoms with Crippen molar-refractivity contribution in [1.82, 2.24) is 10.3 Å². The molecule has 29 heavy (non-hydrogen) atoms. The van der Waals surface area contributed by atoms with E-state index < -0.39 is 18.1 Å². The largest absolute Gasteiger partial charge is 0.490 e. The molecule has 0 radical (unpaired) electrons. The maximum atomic E-state index is 12.1. The number of carbonyl (C=O) groups excluding carboxylic acids is 1. The van der Waals surface area contributed by atoms with Crippen LogP contribution in [-0.4, -0.2) is 54.4 Å². The fourth-order valence-electron chi connectivity index (χ4n) is 2.31. The zero-order valence-electron chi connectivity index (χ0n) is 14.9. The molecule has 0 unspecified atom stereocenters. The van der Waals surface area contributed by atoms with Crippen molar-refractivity contribution in [2.24, 2.45) is 0 Å². The number of carboxylic acid groups (broad SMARTS) is 1. The summed E-state index contributed by atoms with van der Waals surface area (Å²) in [5.41, 5.74) is 0.340. The minimum absolute atomic E-state index is 0.340. The van der Waals surface area contributed by atoms with Crippen LogP contribution in [0.25, 0.3) is 0 Å². The fraction of sp³-hybridized carbons (Fsp3) is 0.278. The van der Waals surface area contributed by atoms with Crippen molar-refractivity contribution >= 4 is 29.4 Å². The minimum atomic E-state index is -5.08. The molecule has 11 heteroatoms. The second-order valence-electron chi connectivity index (χ2n) is 5.77. The number of esters is 1. The molecule has 3 rings (SSSR count). The quantitative estimate of drug-likeness (QED) is 0.570. The van der Waals surface area contributed by atoms with Gasteiger partial charge in [-0.15, -0.1) is 0 Å². The number of carbonyl (C=O) groups is 2. The van der Waals surface area contributed by atoms with E-state index >= 15 is 0 Å². The number of benzene rings is 1. The number of para-hydroxylation sites is 1. The van der Waals surface area contributed by atoms with Crippen LogP contribution >= 0.6 is 11.6 Å². The summed E-state index contributed by atoms with van der Waals surface area (Å²) in [6.07, 6.45) is -3.57. The van der Waals surface area contributed by atoms with Crippen molar-refractivity contribution in [3.8, 4) is 5.75 Å². The summed E-state index contributed by atoms with van der Waals surface area (Å²) in [6.45, 7) is 3.49. The number of aliphatic carboxylic acids is 1. The number of ether oxygens (including phenoxy) is 1. The Balaban J connectivity index is 0.000000370. The summed E-state index contributed by atoms with van der Waals surface area (Å²) >= 11 is 6.28. The average molecular weight is 432 g/mol. The summed E-state index contributed by atoms with van der Waals surface area (Å²) in [5.74, 6) is -2.02. The van der Waals surface area contributed by atoms with E-state index in [1.54, 1.807) is 30.3 Å². The molecule has 1 aliphatic rings. The van der Waals surface area contributed by atoms with Crippen molar-refractivity contribution in [3.05, 3.63) is 53.2 Å². The van der Waals surface area contributed by atoms with Gasteiger partial charge in [0.25, 0.3) is 0 Å². The summed E-state index contributed by atoms with van der Waals surface area (Å²) in [7, 11) is 0. The predicted molar refractivity (Wildman–Crippen MR) is 99.4 cm³/mol. The lowest BCUT2D eigenvalue weighted by atomic mass is 10.2. The maximum Gasteiger partial charge on any atom is 0.490 e. The molecule has 0 amide bonds. The third kappa shape index (κ3) is 6.91. The maximum absolute atomic E-state index is 12.1. The zero-order valence-corrected chi connectivity index (χ0v) is 15.7. The Morgan fingerprint density at radius 2 is 1.76 bits per heavy atom. The number of anilines is 1. The van der Waals surface area contributed by atoms with E-state index in [0.717, 1.165) is 26.2 Å². The lowest BCUT2D eigenvalue weighted by Gasteiger charge is -2.29. The Morgan fingerprint density at radius 3 is 2.28 bits per heavy atom. The van der Waals surface area contributed by atoms with Crippen LogP contribution in [0.3, 0.4) is 0 Å². The predicted octanol–water partition coefficient (Wildman–Crippen LogP) is 3.00. The highest BCUT2D eigenvalue weighted by Gasteiger charge is 2.38. The van der Waals surface area contributed by atoms with Gasteiger partial charge in [0.1, 0.15) is 11.6 Å². The first kappa shape index (κ1) is 22.4. The van der Waals surface area contributed by atoms with Crippen LogP contribution in [0.15, 0.2) is 42.6 Å². The highest BCUT2D eigenvalue weighted by molar-refractivity contribution is 6.33. The van der Waals surface area contributed by atoms with Gasteiger partial charge in [0.05, 0.1) is 10.6 Å². The van der Waals surface area contributed by atoms with Gasteiger partial charge in [-0.3, -0.25) is 0 Å². The molecule has 0 bridgehead atoms. The Kier molecular flexibility index (Phi) is 7.80. The van der Waals surface area contributed by atoms with Gasteiger partial charge in [-0.1, -0.05) is 29.8 Å². The Hall–Kier alpha value is -2.85. The molecular weight excluding hydrogens is 415 g/mol. The first-order valence-electron chi connectivity index (χ1n) is 8.37. The van der Waals surface area contributed by atoms with Gasteiger partial charge in [0, 0.05) is 32.4 Å². The van der Waals surface area contributed by atoms with Gasteiger partial charge in [-0.05, 0) is 18.2 Å². The fourth-order valence-corrected chi connectivity index (χ4v) is 2.59. The second kappa shape index (κ2) is 10.1. The number of rotatable bonds is 3. The number of nitrogens with one attached hydrogen (secondary N) is 1. The zero-order chi connectivity index (χ0) is 21.4. The van der Waals surface area contributed by atoms with E-state index in [1.165, 1.54) is 6.20 Å². The number of carboxylic acids is 1. The van der Waals surface area contributed by atoms with Gasteiger partial charge < -0.3 is 20.1 Å². The van der Waals surface area contributed by atoms with Gasteiger partial charge >= 0.3 is 18.1 Å². The Labute approximate surface area is 169 Å². The molecule has 2 aromatic rings. The number of aromatic nitrogens is 1. The minimum Gasteiger partial charge on any atom is -0.475 e. The standard InChI is InChI=1S/C16H16ClN3O2.C2HF3O2/c17-14-10-12(16(21)22-13-4-2-1-3-5-13)11-19-15(14)20-8-6-18-7-9-20;3-2(4,5)1(6)7/h1-5,10-11,18H,6-9H2;(H,6,7). The molecular formula is C18H17ClF3N3O4. The molecule has 0 spiro atoms. The molecule has 0 saturated carbocycles. The van der Waals surface area contributed by atoms with E-state index in [4.69, 9.17) is 26.2 Å². The van der Waals surface area contributed by atoms with Crippen molar-refractivity contribution in [1.29, 1.82) is 0 Å². The first-order chi connectivity index (χ1) is 13.7.